The standard InChI is InChI=1S/C12H15Cl/c1-7-5-4-6-10-11(7)8(2)9(3)12(10)13/h4-6,8-9,12H,1-3H3. The third kappa shape index (κ3) is 1.20. The molecule has 1 aromatic carbocycles. The first kappa shape index (κ1) is 9.08. The Kier molecular flexibility index (Phi) is 2.11. The van der Waals surface area contributed by atoms with Gasteiger partial charge in [0.2, 0.25) is 0 Å². The largest absolute Gasteiger partial charge is 0.117 e. The molecule has 0 aliphatic heterocycles. The number of alkyl halides is 1. The number of halogens is 1. The molecule has 1 aliphatic rings. The lowest BCUT2D eigenvalue weighted by Crippen LogP contribution is -2.00. The highest BCUT2D eigenvalue weighted by atomic mass is 35.5. The molecule has 70 valence electrons. The molecule has 0 nitrogen and oxygen atoms in total. The van der Waals surface area contributed by atoms with Gasteiger partial charge in [0.15, 0.2) is 0 Å². The number of aryl methyl sites for hydroxylation is 1. The monoisotopic (exact) mass is 194 g/mol. The Labute approximate surface area is 84.9 Å². The van der Waals surface area contributed by atoms with Crippen LogP contribution in [0.1, 0.15) is 41.8 Å². The molecule has 0 heterocycles. The fourth-order valence-corrected chi connectivity index (χ4v) is 2.77. The van der Waals surface area contributed by atoms with Crippen molar-refractivity contribution in [3.8, 4) is 0 Å². The van der Waals surface area contributed by atoms with Crippen LogP contribution in [-0.4, -0.2) is 0 Å². The van der Waals surface area contributed by atoms with E-state index in [0.717, 1.165) is 0 Å². The average molecular weight is 195 g/mol. The molecule has 0 N–H and O–H groups in total. The number of benzene rings is 1. The second kappa shape index (κ2) is 3.02. The zero-order chi connectivity index (χ0) is 9.59. The van der Waals surface area contributed by atoms with Gasteiger partial charge in [0.05, 0.1) is 5.38 Å². The number of rotatable bonds is 0. The summed E-state index contributed by atoms with van der Waals surface area (Å²) in [7, 11) is 0. The molecule has 0 aromatic heterocycles. The molecule has 1 aliphatic carbocycles. The first-order valence-corrected chi connectivity index (χ1v) is 5.30. The lowest BCUT2D eigenvalue weighted by Gasteiger charge is -2.12. The zero-order valence-corrected chi connectivity index (χ0v) is 9.10. The lowest BCUT2D eigenvalue weighted by molar-refractivity contribution is 0.518. The predicted octanol–water partition coefficient (Wildman–Crippen LogP) is 4.03. The van der Waals surface area contributed by atoms with Crippen LogP contribution in [0, 0.1) is 12.8 Å². The topological polar surface area (TPSA) is 0 Å². The van der Waals surface area contributed by atoms with E-state index in [0.29, 0.717) is 11.8 Å². The SMILES string of the molecule is Cc1cccc2c1C(C)C(C)C2Cl. The van der Waals surface area contributed by atoms with Gasteiger partial charge in [-0.05, 0) is 35.4 Å². The van der Waals surface area contributed by atoms with Crippen LogP contribution in [0.4, 0.5) is 0 Å². The van der Waals surface area contributed by atoms with Crippen LogP contribution in [0.25, 0.3) is 0 Å². The highest BCUT2D eigenvalue weighted by Gasteiger charge is 2.34. The molecule has 2 rings (SSSR count). The molecular formula is C12H15Cl. The maximum Gasteiger partial charge on any atom is 0.0619 e. The van der Waals surface area contributed by atoms with Crippen molar-refractivity contribution < 1.29 is 0 Å². The molecule has 1 aromatic rings. The Balaban J connectivity index is 2.60. The minimum Gasteiger partial charge on any atom is -0.117 e. The summed E-state index contributed by atoms with van der Waals surface area (Å²) >= 11 is 6.36. The molecule has 1 heteroatoms. The van der Waals surface area contributed by atoms with E-state index in [9.17, 15) is 0 Å². The van der Waals surface area contributed by atoms with Crippen LogP contribution in [0.15, 0.2) is 18.2 Å². The summed E-state index contributed by atoms with van der Waals surface area (Å²) in [4.78, 5) is 0. The van der Waals surface area contributed by atoms with Gasteiger partial charge in [-0.1, -0.05) is 32.0 Å². The van der Waals surface area contributed by atoms with Crippen molar-refractivity contribution in [2.45, 2.75) is 32.1 Å². The van der Waals surface area contributed by atoms with Gasteiger partial charge < -0.3 is 0 Å². The third-order valence-corrected chi connectivity index (χ3v) is 3.99. The van der Waals surface area contributed by atoms with Crippen LogP contribution >= 0.6 is 11.6 Å². The van der Waals surface area contributed by atoms with E-state index >= 15 is 0 Å². The van der Waals surface area contributed by atoms with Gasteiger partial charge in [0.25, 0.3) is 0 Å². The predicted molar refractivity (Wildman–Crippen MR) is 57.4 cm³/mol. The van der Waals surface area contributed by atoms with E-state index in [2.05, 4.69) is 39.0 Å². The van der Waals surface area contributed by atoms with Crippen LogP contribution in [0.5, 0.6) is 0 Å². The van der Waals surface area contributed by atoms with E-state index in [4.69, 9.17) is 11.6 Å². The number of fused-ring (bicyclic) bond motifs is 1. The van der Waals surface area contributed by atoms with Gasteiger partial charge in [-0.25, -0.2) is 0 Å². The smallest absolute Gasteiger partial charge is 0.0619 e. The average Bonchev–Trinajstić information content (AvgIpc) is 2.33. The second-order valence-electron chi connectivity index (χ2n) is 4.13. The summed E-state index contributed by atoms with van der Waals surface area (Å²) in [5.41, 5.74) is 4.22. The Bertz CT molecular complexity index is 330. The van der Waals surface area contributed by atoms with Gasteiger partial charge in [-0.3, -0.25) is 0 Å². The number of hydrogen-bond acceptors (Lipinski definition) is 0. The quantitative estimate of drug-likeness (QED) is 0.547. The minimum absolute atomic E-state index is 0.213. The Hall–Kier alpha value is -0.490. The molecular weight excluding hydrogens is 180 g/mol. The zero-order valence-electron chi connectivity index (χ0n) is 8.34. The summed E-state index contributed by atoms with van der Waals surface area (Å²) in [6, 6.07) is 6.45. The van der Waals surface area contributed by atoms with Crippen molar-refractivity contribution in [3.05, 3.63) is 34.9 Å². The van der Waals surface area contributed by atoms with Crippen LogP contribution in [-0.2, 0) is 0 Å². The molecule has 0 amide bonds. The van der Waals surface area contributed by atoms with E-state index in [1.54, 1.807) is 0 Å². The van der Waals surface area contributed by atoms with Crippen molar-refractivity contribution in [2.24, 2.45) is 5.92 Å². The second-order valence-corrected chi connectivity index (χ2v) is 4.60. The molecule has 0 saturated carbocycles. The lowest BCUT2D eigenvalue weighted by atomic mass is 9.94. The summed E-state index contributed by atoms with van der Waals surface area (Å²) in [6.07, 6.45) is 0. The fraction of sp³-hybridized carbons (Fsp3) is 0.500. The Morgan fingerprint density at radius 1 is 1.23 bits per heavy atom. The van der Waals surface area contributed by atoms with Crippen molar-refractivity contribution in [2.75, 3.05) is 0 Å². The van der Waals surface area contributed by atoms with Crippen molar-refractivity contribution in [1.29, 1.82) is 0 Å². The van der Waals surface area contributed by atoms with Gasteiger partial charge in [0, 0.05) is 0 Å². The minimum atomic E-state index is 0.213. The van der Waals surface area contributed by atoms with E-state index in [1.165, 1.54) is 16.7 Å². The van der Waals surface area contributed by atoms with E-state index in [-0.39, 0.29) is 5.38 Å². The Morgan fingerprint density at radius 3 is 2.54 bits per heavy atom. The summed E-state index contributed by atoms with van der Waals surface area (Å²) < 4.78 is 0. The molecule has 0 bridgehead atoms. The van der Waals surface area contributed by atoms with Crippen LogP contribution < -0.4 is 0 Å². The van der Waals surface area contributed by atoms with Crippen molar-refractivity contribution in [3.63, 3.8) is 0 Å². The maximum atomic E-state index is 6.36. The molecule has 0 saturated heterocycles. The molecule has 13 heavy (non-hydrogen) atoms. The van der Waals surface area contributed by atoms with Gasteiger partial charge >= 0.3 is 0 Å². The summed E-state index contributed by atoms with van der Waals surface area (Å²) in [5, 5.41) is 0.213. The van der Waals surface area contributed by atoms with Gasteiger partial charge in [0.1, 0.15) is 0 Å². The highest BCUT2D eigenvalue weighted by molar-refractivity contribution is 6.21. The third-order valence-electron chi connectivity index (χ3n) is 3.36. The maximum absolute atomic E-state index is 6.36. The molecule has 3 atom stereocenters. The van der Waals surface area contributed by atoms with Crippen molar-refractivity contribution in [1.82, 2.24) is 0 Å². The molecule has 3 unspecified atom stereocenters. The first-order chi connectivity index (χ1) is 6.13. The van der Waals surface area contributed by atoms with Crippen LogP contribution in [0.3, 0.4) is 0 Å². The molecule has 0 radical (unpaired) electrons. The van der Waals surface area contributed by atoms with E-state index < -0.39 is 0 Å². The fourth-order valence-electron chi connectivity index (χ4n) is 2.37. The van der Waals surface area contributed by atoms with Crippen molar-refractivity contribution >= 4 is 11.6 Å². The normalized spacial score (nSPS) is 31.8. The number of hydrogen-bond donors (Lipinski definition) is 0. The first-order valence-electron chi connectivity index (χ1n) is 4.86. The molecule has 0 fully saturated rings. The highest BCUT2D eigenvalue weighted by Crippen LogP contribution is 2.49. The van der Waals surface area contributed by atoms with Crippen LogP contribution in [0.2, 0.25) is 0 Å². The molecule has 0 spiro atoms. The van der Waals surface area contributed by atoms with Gasteiger partial charge in [-0.2, -0.15) is 0 Å². The Morgan fingerprint density at radius 2 is 1.92 bits per heavy atom. The van der Waals surface area contributed by atoms with Gasteiger partial charge in [-0.15, -0.1) is 11.6 Å². The summed E-state index contributed by atoms with van der Waals surface area (Å²) in [6.45, 7) is 6.69. The van der Waals surface area contributed by atoms with E-state index in [1.807, 2.05) is 0 Å². The summed E-state index contributed by atoms with van der Waals surface area (Å²) in [5.74, 6) is 1.18.